The number of H-pyrrole nitrogens is 1. The predicted molar refractivity (Wildman–Crippen MR) is 109 cm³/mol. The van der Waals surface area contributed by atoms with Crippen molar-refractivity contribution < 1.29 is 14.3 Å². The number of fused-ring (bicyclic) bond motifs is 1. The van der Waals surface area contributed by atoms with Crippen LogP contribution in [0.25, 0.3) is 21.6 Å². The van der Waals surface area contributed by atoms with Crippen LogP contribution < -0.4 is 5.32 Å². The third-order valence-electron chi connectivity index (χ3n) is 5.11. The van der Waals surface area contributed by atoms with Crippen molar-refractivity contribution in [3.8, 4) is 10.6 Å². The first kappa shape index (κ1) is 19.0. The van der Waals surface area contributed by atoms with Crippen molar-refractivity contribution in [1.29, 1.82) is 0 Å². The highest BCUT2D eigenvalue weighted by Crippen LogP contribution is 2.27. The van der Waals surface area contributed by atoms with Crippen molar-refractivity contribution in [2.24, 2.45) is 0 Å². The summed E-state index contributed by atoms with van der Waals surface area (Å²) in [5.74, 6) is -0.0542. The van der Waals surface area contributed by atoms with E-state index in [0.29, 0.717) is 24.4 Å². The zero-order chi connectivity index (χ0) is 19.3. The smallest absolute Gasteiger partial charge is 0.252 e. The van der Waals surface area contributed by atoms with E-state index < -0.39 is 0 Å². The predicted octanol–water partition coefficient (Wildman–Crippen LogP) is 3.39. The Bertz CT molecular complexity index is 917. The van der Waals surface area contributed by atoms with E-state index in [0.717, 1.165) is 41.6 Å². The second-order valence-corrected chi connectivity index (χ2v) is 7.86. The van der Waals surface area contributed by atoms with E-state index in [1.54, 1.807) is 18.8 Å². The lowest BCUT2D eigenvalue weighted by molar-refractivity contribution is -0.00408. The molecule has 2 N–H and O–H groups in total. The standard InChI is InChI=1S/C20H24N4O3S/c1-26-8-9-27-14-4-2-13(3-5-14)23-20(25)16-10-17(18-11-21-12-28-18)24-19-15(16)6-7-22-19/h6-7,10-14H,2-5,8-9H2,1H3,(H,22,24)(H,23,25). The Morgan fingerprint density at radius 1 is 1.32 bits per heavy atom. The Labute approximate surface area is 167 Å². The molecule has 8 heteroatoms. The molecular weight excluding hydrogens is 376 g/mol. The first-order chi connectivity index (χ1) is 13.7. The molecule has 0 spiro atoms. The number of rotatable bonds is 7. The summed E-state index contributed by atoms with van der Waals surface area (Å²) in [7, 11) is 1.68. The quantitative estimate of drug-likeness (QED) is 0.594. The van der Waals surface area contributed by atoms with E-state index >= 15 is 0 Å². The first-order valence-corrected chi connectivity index (χ1v) is 10.4. The van der Waals surface area contributed by atoms with Crippen molar-refractivity contribution in [2.45, 2.75) is 37.8 Å². The number of pyridine rings is 1. The minimum Gasteiger partial charge on any atom is -0.382 e. The third-order valence-corrected chi connectivity index (χ3v) is 5.90. The molecular formula is C20H24N4O3S. The van der Waals surface area contributed by atoms with Gasteiger partial charge in [-0.15, -0.1) is 11.3 Å². The molecule has 0 bridgehead atoms. The van der Waals surface area contributed by atoms with Crippen LogP contribution in [0.5, 0.6) is 0 Å². The molecule has 0 atom stereocenters. The average Bonchev–Trinajstić information content (AvgIpc) is 3.40. The number of carbonyl (C=O) groups is 1. The lowest BCUT2D eigenvalue weighted by Gasteiger charge is -2.29. The number of nitrogens with one attached hydrogen (secondary N) is 2. The fourth-order valence-electron chi connectivity index (χ4n) is 3.63. The van der Waals surface area contributed by atoms with Gasteiger partial charge in [0.2, 0.25) is 0 Å². The highest BCUT2D eigenvalue weighted by Gasteiger charge is 2.24. The minimum absolute atomic E-state index is 0.0542. The van der Waals surface area contributed by atoms with Gasteiger partial charge in [0.1, 0.15) is 5.65 Å². The zero-order valence-electron chi connectivity index (χ0n) is 15.8. The number of carbonyl (C=O) groups excluding carboxylic acids is 1. The van der Waals surface area contributed by atoms with Crippen molar-refractivity contribution in [3.63, 3.8) is 0 Å². The van der Waals surface area contributed by atoms with Crippen LogP contribution in [0, 0.1) is 0 Å². The molecule has 3 aromatic rings. The molecule has 1 saturated carbocycles. The summed E-state index contributed by atoms with van der Waals surface area (Å²) in [6.45, 7) is 1.24. The van der Waals surface area contributed by atoms with Crippen molar-refractivity contribution in [2.75, 3.05) is 20.3 Å². The van der Waals surface area contributed by atoms with E-state index in [-0.39, 0.29) is 18.1 Å². The highest BCUT2D eigenvalue weighted by molar-refractivity contribution is 7.13. The number of nitrogens with zero attached hydrogens (tertiary/aromatic N) is 2. The molecule has 0 saturated heterocycles. The molecule has 1 amide bonds. The maximum atomic E-state index is 13.0. The van der Waals surface area contributed by atoms with Gasteiger partial charge < -0.3 is 19.8 Å². The van der Waals surface area contributed by atoms with Gasteiger partial charge in [0.05, 0.1) is 41.0 Å². The van der Waals surface area contributed by atoms with Gasteiger partial charge in [-0.05, 0) is 37.8 Å². The average molecular weight is 401 g/mol. The van der Waals surface area contributed by atoms with E-state index in [1.165, 1.54) is 11.3 Å². The topological polar surface area (TPSA) is 89.1 Å². The summed E-state index contributed by atoms with van der Waals surface area (Å²) >= 11 is 1.51. The van der Waals surface area contributed by atoms with Crippen molar-refractivity contribution in [3.05, 3.63) is 35.6 Å². The molecule has 0 aromatic carbocycles. The van der Waals surface area contributed by atoms with Crippen molar-refractivity contribution in [1.82, 2.24) is 20.3 Å². The molecule has 1 aliphatic rings. The largest absolute Gasteiger partial charge is 0.382 e. The van der Waals surface area contributed by atoms with Gasteiger partial charge in [-0.3, -0.25) is 9.78 Å². The molecule has 3 heterocycles. The number of hydrogen-bond acceptors (Lipinski definition) is 6. The monoisotopic (exact) mass is 400 g/mol. The SMILES string of the molecule is COCCOC1CCC(NC(=O)c2cc(-c3cncs3)nc3[nH]ccc23)CC1. The summed E-state index contributed by atoms with van der Waals surface area (Å²) in [6, 6.07) is 3.93. The minimum atomic E-state index is -0.0542. The van der Waals surface area contributed by atoms with Crippen LogP contribution in [0.2, 0.25) is 0 Å². The normalized spacial score (nSPS) is 19.8. The summed E-state index contributed by atoms with van der Waals surface area (Å²) in [5, 5.41) is 4.04. The van der Waals surface area contributed by atoms with E-state index in [1.807, 2.05) is 18.3 Å². The zero-order valence-corrected chi connectivity index (χ0v) is 16.6. The van der Waals surface area contributed by atoms with Crippen LogP contribution >= 0.6 is 11.3 Å². The molecule has 28 heavy (non-hydrogen) atoms. The maximum Gasteiger partial charge on any atom is 0.252 e. The molecule has 1 fully saturated rings. The Balaban J connectivity index is 1.44. The highest BCUT2D eigenvalue weighted by atomic mass is 32.1. The van der Waals surface area contributed by atoms with E-state index in [2.05, 4.69) is 20.3 Å². The maximum absolute atomic E-state index is 13.0. The van der Waals surface area contributed by atoms with E-state index in [9.17, 15) is 4.79 Å². The third kappa shape index (κ3) is 4.24. The van der Waals surface area contributed by atoms with Crippen LogP contribution in [0.4, 0.5) is 0 Å². The Hall–Kier alpha value is -2.29. The molecule has 4 rings (SSSR count). The van der Waals surface area contributed by atoms with E-state index in [4.69, 9.17) is 9.47 Å². The van der Waals surface area contributed by atoms with Gasteiger partial charge in [0, 0.05) is 30.9 Å². The number of thiazole rings is 1. The molecule has 0 radical (unpaired) electrons. The fraction of sp³-hybridized carbons (Fsp3) is 0.450. The van der Waals surface area contributed by atoms with Crippen molar-refractivity contribution >= 4 is 28.3 Å². The molecule has 7 nitrogen and oxygen atoms in total. The number of hydrogen-bond donors (Lipinski definition) is 2. The first-order valence-electron chi connectivity index (χ1n) is 9.53. The Kier molecular flexibility index (Phi) is 5.99. The number of aromatic amines is 1. The van der Waals surface area contributed by atoms with Crippen LogP contribution in [0.15, 0.2) is 30.0 Å². The fourth-order valence-corrected chi connectivity index (χ4v) is 4.21. The Morgan fingerprint density at radius 2 is 2.18 bits per heavy atom. The summed E-state index contributed by atoms with van der Waals surface area (Å²) in [6.07, 6.45) is 7.60. The van der Waals surface area contributed by atoms with Gasteiger partial charge in [-0.2, -0.15) is 0 Å². The van der Waals surface area contributed by atoms with Gasteiger partial charge in [0.25, 0.3) is 5.91 Å². The number of amides is 1. The van der Waals surface area contributed by atoms with Crippen LogP contribution in [-0.4, -0.2) is 53.3 Å². The number of ether oxygens (including phenoxy) is 2. The lowest BCUT2D eigenvalue weighted by atomic mass is 9.92. The molecule has 148 valence electrons. The van der Waals surface area contributed by atoms with Crippen LogP contribution in [-0.2, 0) is 9.47 Å². The summed E-state index contributed by atoms with van der Waals surface area (Å²) < 4.78 is 10.8. The summed E-state index contributed by atoms with van der Waals surface area (Å²) in [4.78, 5) is 25.8. The van der Waals surface area contributed by atoms with Crippen LogP contribution in [0.3, 0.4) is 0 Å². The van der Waals surface area contributed by atoms with Gasteiger partial charge in [-0.25, -0.2) is 4.98 Å². The molecule has 0 aliphatic heterocycles. The van der Waals surface area contributed by atoms with Crippen LogP contribution in [0.1, 0.15) is 36.0 Å². The number of methoxy groups -OCH3 is 1. The molecule has 3 aromatic heterocycles. The number of aromatic nitrogens is 3. The van der Waals surface area contributed by atoms with Gasteiger partial charge in [-0.1, -0.05) is 0 Å². The van der Waals surface area contributed by atoms with Gasteiger partial charge in [0.15, 0.2) is 0 Å². The van der Waals surface area contributed by atoms with Gasteiger partial charge >= 0.3 is 0 Å². The molecule has 0 unspecified atom stereocenters. The molecule has 1 aliphatic carbocycles. The second-order valence-electron chi connectivity index (χ2n) is 6.97. The Morgan fingerprint density at radius 3 is 2.93 bits per heavy atom. The second kappa shape index (κ2) is 8.81. The summed E-state index contributed by atoms with van der Waals surface area (Å²) in [5.41, 5.74) is 3.89. The lowest BCUT2D eigenvalue weighted by Crippen LogP contribution is -2.39.